The maximum atomic E-state index is 5.30. The van der Waals surface area contributed by atoms with Gasteiger partial charge in [-0.2, -0.15) is 0 Å². The predicted molar refractivity (Wildman–Crippen MR) is 46.8 cm³/mol. The molecule has 1 aliphatic heterocycles. The summed E-state index contributed by atoms with van der Waals surface area (Å²) in [6, 6.07) is 6.08. The Morgan fingerprint density at radius 3 is 3.09 bits per heavy atom. The van der Waals surface area contributed by atoms with Crippen LogP contribution in [0.4, 0.5) is 0 Å². The lowest BCUT2D eigenvalue weighted by Crippen LogP contribution is -1.90. The molecular weight excluding hydrogens is 156 g/mol. The highest BCUT2D eigenvalue weighted by Crippen LogP contribution is 2.35. The zero-order chi connectivity index (χ0) is 7.68. The van der Waals surface area contributed by atoms with Crippen molar-refractivity contribution in [2.45, 2.75) is 11.8 Å². The maximum absolute atomic E-state index is 5.30. The van der Waals surface area contributed by atoms with Crippen molar-refractivity contribution in [2.24, 2.45) is 0 Å². The van der Waals surface area contributed by atoms with E-state index < -0.39 is 0 Å². The van der Waals surface area contributed by atoms with Crippen LogP contribution in [-0.4, -0.2) is 0 Å². The first kappa shape index (κ1) is 6.80. The van der Waals surface area contributed by atoms with Gasteiger partial charge in [-0.1, -0.05) is 23.9 Å². The summed E-state index contributed by atoms with van der Waals surface area (Å²) in [4.78, 5) is 1.23. The smallest absolute Gasteiger partial charge is 0.140 e. The molecule has 0 unspecified atom stereocenters. The third kappa shape index (κ3) is 1.14. The molecule has 0 spiro atoms. The molecule has 0 aliphatic carbocycles. The molecule has 56 valence electrons. The van der Waals surface area contributed by atoms with Crippen LogP contribution in [0.2, 0.25) is 0 Å². The molecule has 11 heavy (non-hydrogen) atoms. The highest BCUT2D eigenvalue weighted by molar-refractivity contribution is 8.02. The fourth-order valence-electron chi connectivity index (χ4n) is 1.07. The Labute approximate surface area is 70.1 Å². The number of hydrogen-bond acceptors (Lipinski definition) is 2. The van der Waals surface area contributed by atoms with Gasteiger partial charge in [-0.15, -0.1) is 0 Å². The van der Waals surface area contributed by atoms with E-state index in [9.17, 15) is 0 Å². The van der Waals surface area contributed by atoms with Gasteiger partial charge in [0.25, 0.3) is 0 Å². The van der Waals surface area contributed by atoms with E-state index in [0.717, 1.165) is 5.75 Å². The van der Waals surface area contributed by atoms with Crippen LogP contribution in [0, 0.1) is 6.92 Å². The Kier molecular flexibility index (Phi) is 1.62. The first-order valence-corrected chi connectivity index (χ1v) is 4.34. The molecule has 0 fully saturated rings. The van der Waals surface area contributed by atoms with E-state index in [1.165, 1.54) is 10.5 Å². The standard InChI is InChI=1S/C9H8OS/c1-7-3-2-4-8-9(7)11-6-5-10-8/h2-6H,1H3. The predicted octanol–water partition coefficient (Wildman–Crippen LogP) is 2.95. The average Bonchev–Trinajstić information content (AvgIpc) is 2.06. The molecule has 1 heterocycles. The number of ether oxygens (including phenoxy) is 1. The lowest BCUT2D eigenvalue weighted by molar-refractivity contribution is 0.467. The van der Waals surface area contributed by atoms with Crippen molar-refractivity contribution in [1.82, 2.24) is 0 Å². The molecule has 1 nitrogen and oxygen atoms in total. The minimum absolute atomic E-state index is 0.970. The summed E-state index contributed by atoms with van der Waals surface area (Å²) < 4.78 is 5.30. The van der Waals surface area contributed by atoms with E-state index in [-0.39, 0.29) is 0 Å². The molecule has 0 saturated carbocycles. The number of fused-ring (bicyclic) bond motifs is 1. The Bertz CT molecular complexity index is 304. The van der Waals surface area contributed by atoms with Crippen LogP contribution < -0.4 is 4.74 Å². The van der Waals surface area contributed by atoms with Gasteiger partial charge in [0.15, 0.2) is 0 Å². The fraction of sp³-hybridized carbons (Fsp3) is 0.111. The molecule has 0 atom stereocenters. The number of benzene rings is 1. The molecule has 0 aromatic heterocycles. The first-order chi connectivity index (χ1) is 5.38. The zero-order valence-corrected chi connectivity index (χ0v) is 7.02. The van der Waals surface area contributed by atoms with Crippen molar-refractivity contribution in [3.05, 3.63) is 35.4 Å². The Morgan fingerprint density at radius 2 is 2.27 bits per heavy atom. The minimum Gasteiger partial charge on any atom is -0.463 e. The van der Waals surface area contributed by atoms with Crippen molar-refractivity contribution in [3.63, 3.8) is 0 Å². The molecule has 2 heteroatoms. The third-order valence-corrected chi connectivity index (χ3v) is 2.62. The number of rotatable bonds is 0. The molecule has 0 radical (unpaired) electrons. The first-order valence-electron chi connectivity index (χ1n) is 3.46. The largest absolute Gasteiger partial charge is 0.463 e. The van der Waals surface area contributed by atoms with Crippen LogP contribution in [0.3, 0.4) is 0 Å². The summed E-state index contributed by atoms with van der Waals surface area (Å²) in [7, 11) is 0. The number of aryl methyl sites for hydroxylation is 1. The van der Waals surface area contributed by atoms with E-state index in [1.54, 1.807) is 18.0 Å². The minimum atomic E-state index is 0.970. The lowest BCUT2D eigenvalue weighted by Gasteiger charge is -2.12. The van der Waals surface area contributed by atoms with Crippen LogP contribution in [0.25, 0.3) is 0 Å². The molecule has 0 saturated heterocycles. The van der Waals surface area contributed by atoms with Crippen molar-refractivity contribution in [3.8, 4) is 5.75 Å². The van der Waals surface area contributed by atoms with E-state index in [2.05, 4.69) is 13.0 Å². The summed E-state index contributed by atoms with van der Waals surface area (Å²) >= 11 is 1.71. The fourth-order valence-corrected chi connectivity index (χ4v) is 1.80. The quantitative estimate of drug-likeness (QED) is 0.583. The average molecular weight is 164 g/mol. The van der Waals surface area contributed by atoms with E-state index in [0.29, 0.717) is 0 Å². The zero-order valence-electron chi connectivity index (χ0n) is 6.20. The summed E-state index contributed by atoms with van der Waals surface area (Å²) in [5, 5.41) is 1.95. The lowest BCUT2D eigenvalue weighted by atomic mass is 10.2. The molecule has 2 rings (SSSR count). The van der Waals surface area contributed by atoms with Crippen LogP contribution in [0.1, 0.15) is 5.56 Å². The normalized spacial score (nSPS) is 13.9. The second kappa shape index (κ2) is 2.62. The molecule has 0 amide bonds. The Morgan fingerprint density at radius 1 is 1.36 bits per heavy atom. The van der Waals surface area contributed by atoms with Crippen LogP contribution in [-0.2, 0) is 0 Å². The van der Waals surface area contributed by atoms with Gasteiger partial charge in [0.1, 0.15) is 5.75 Å². The monoisotopic (exact) mass is 164 g/mol. The summed E-state index contributed by atoms with van der Waals surface area (Å²) in [5.74, 6) is 0.970. The van der Waals surface area contributed by atoms with Crippen molar-refractivity contribution >= 4 is 11.8 Å². The summed E-state index contributed by atoms with van der Waals surface area (Å²) in [6.45, 7) is 2.09. The van der Waals surface area contributed by atoms with Gasteiger partial charge < -0.3 is 4.74 Å². The van der Waals surface area contributed by atoms with Gasteiger partial charge in [-0.3, -0.25) is 0 Å². The highest BCUT2D eigenvalue weighted by atomic mass is 32.2. The Hall–Kier alpha value is -0.890. The maximum Gasteiger partial charge on any atom is 0.140 e. The van der Waals surface area contributed by atoms with E-state index >= 15 is 0 Å². The summed E-state index contributed by atoms with van der Waals surface area (Å²) in [5.41, 5.74) is 1.27. The second-order valence-electron chi connectivity index (χ2n) is 2.41. The van der Waals surface area contributed by atoms with Gasteiger partial charge in [0, 0.05) is 5.41 Å². The topological polar surface area (TPSA) is 9.23 Å². The second-order valence-corrected chi connectivity index (χ2v) is 3.33. The van der Waals surface area contributed by atoms with E-state index in [1.807, 2.05) is 17.5 Å². The molecule has 1 aromatic carbocycles. The van der Waals surface area contributed by atoms with Crippen molar-refractivity contribution < 1.29 is 4.74 Å². The van der Waals surface area contributed by atoms with Crippen molar-refractivity contribution in [1.29, 1.82) is 0 Å². The number of thioether (sulfide) groups is 1. The molecule has 1 aromatic rings. The molecule has 0 bridgehead atoms. The third-order valence-electron chi connectivity index (χ3n) is 1.61. The van der Waals surface area contributed by atoms with Crippen LogP contribution in [0.5, 0.6) is 5.75 Å². The van der Waals surface area contributed by atoms with Crippen LogP contribution in [0.15, 0.2) is 34.8 Å². The van der Waals surface area contributed by atoms with Gasteiger partial charge in [-0.25, -0.2) is 0 Å². The van der Waals surface area contributed by atoms with Gasteiger partial charge >= 0.3 is 0 Å². The highest BCUT2D eigenvalue weighted by Gasteiger charge is 2.07. The van der Waals surface area contributed by atoms with Gasteiger partial charge in [-0.05, 0) is 18.6 Å². The molecular formula is C9H8OS. The SMILES string of the molecule is Cc1cccc2c1SC=CO2. The van der Waals surface area contributed by atoms with E-state index in [4.69, 9.17) is 4.74 Å². The van der Waals surface area contributed by atoms with Crippen LogP contribution >= 0.6 is 11.8 Å². The summed E-state index contributed by atoms with van der Waals surface area (Å²) in [6.07, 6.45) is 1.71. The Balaban J connectivity index is 2.54. The van der Waals surface area contributed by atoms with Gasteiger partial charge in [0.05, 0.1) is 11.2 Å². The molecule has 1 aliphatic rings. The number of hydrogen-bond donors (Lipinski definition) is 0. The van der Waals surface area contributed by atoms with Gasteiger partial charge in [0.2, 0.25) is 0 Å². The molecule has 0 N–H and O–H groups in total. The van der Waals surface area contributed by atoms with Crippen molar-refractivity contribution in [2.75, 3.05) is 0 Å².